The molecule has 0 saturated heterocycles. The lowest BCUT2D eigenvalue weighted by Crippen LogP contribution is -2.02. The molecule has 0 fully saturated rings. The average molecular weight is 398 g/mol. The molecule has 0 unspecified atom stereocenters. The van der Waals surface area contributed by atoms with Gasteiger partial charge in [-0.05, 0) is 82.6 Å². The summed E-state index contributed by atoms with van der Waals surface area (Å²) in [7, 11) is 0. The highest BCUT2D eigenvalue weighted by Gasteiger charge is 2.13. The van der Waals surface area contributed by atoms with Gasteiger partial charge in [0.2, 0.25) is 0 Å². The van der Waals surface area contributed by atoms with Crippen LogP contribution in [0.5, 0.6) is 0 Å². The number of hydrogen-bond acceptors (Lipinski definition) is 2. The number of aryl methyl sites for hydroxylation is 2. The van der Waals surface area contributed by atoms with Crippen LogP contribution in [0.25, 0.3) is 21.5 Å². The fourth-order valence-corrected chi connectivity index (χ4v) is 4.10. The van der Waals surface area contributed by atoms with Crippen molar-refractivity contribution in [3.8, 4) is 0 Å². The van der Waals surface area contributed by atoms with E-state index in [2.05, 4.69) is 48.5 Å². The largest absolute Gasteiger partial charge is 0.478 e. The Kier molecular flexibility index (Phi) is 5.48. The third-order valence-electron chi connectivity index (χ3n) is 5.64. The van der Waals surface area contributed by atoms with Crippen LogP contribution in [-0.4, -0.2) is 22.2 Å². The molecule has 30 heavy (non-hydrogen) atoms. The number of aromatic carboxylic acids is 2. The van der Waals surface area contributed by atoms with Gasteiger partial charge in [0.1, 0.15) is 0 Å². The first-order valence-corrected chi connectivity index (χ1v) is 10.0. The number of carboxylic acid groups (broad SMARTS) is 2. The van der Waals surface area contributed by atoms with Gasteiger partial charge in [-0.1, -0.05) is 48.5 Å². The van der Waals surface area contributed by atoms with Gasteiger partial charge in [0.05, 0.1) is 11.1 Å². The van der Waals surface area contributed by atoms with E-state index < -0.39 is 11.9 Å². The van der Waals surface area contributed by atoms with E-state index >= 15 is 0 Å². The Balaban J connectivity index is 0.000000159. The van der Waals surface area contributed by atoms with Crippen LogP contribution in [0, 0.1) is 0 Å². The Morgan fingerprint density at radius 3 is 1.87 bits per heavy atom. The van der Waals surface area contributed by atoms with Crippen LogP contribution in [0.4, 0.5) is 0 Å². The molecule has 0 bridgehead atoms. The molecule has 0 atom stereocenters. The highest BCUT2D eigenvalue weighted by Crippen LogP contribution is 2.33. The van der Waals surface area contributed by atoms with Crippen LogP contribution < -0.4 is 0 Å². The van der Waals surface area contributed by atoms with Crippen LogP contribution in [-0.2, 0) is 12.8 Å². The average Bonchev–Trinajstić information content (AvgIpc) is 2.79. The van der Waals surface area contributed by atoms with Gasteiger partial charge in [-0.3, -0.25) is 0 Å². The number of rotatable bonds is 2. The van der Waals surface area contributed by atoms with Crippen LogP contribution in [0.15, 0.2) is 72.8 Å². The van der Waals surface area contributed by atoms with Crippen molar-refractivity contribution in [3.05, 3.63) is 95.1 Å². The molecule has 4 nitrogen and oxygen atoms in total. The number of fused-ring (bicyclic) bond motifs is 5. The lowest BCUT2D eigenvalue weighted by Gasteiger charge is -2.18. The first-order chi connectivity index (χ1) is 14.5. The molecule has 2 N–H and O–H groups in total. The minimum atomic E-state index is -1.06. The molecular formula is C26H22O4. The molecule has 150 valence electrons. The molecule has 0 radical (unpaired) electrons. The molecule has 0 amide bonds. The summed E-state index contributed by atoms with van der Waals surface area (Å²) in [5.74, 6) is -2.13. The van der Waals surface area contributed by atoms with Crippen molar-refractivity contribution in [2.75, 3.05) is 0 Å². The first kappa shape index (κ1) is 19.6. The SMILES string of the molecule is O=C(O)c1ccc(C(=O)O)cc1.c1ccc2c(c1)ccc1c3c(ccc12)CCCC3. The van der Waals surface area contributed by atoms with Crippen molar-refractivity contribution in [1.29, 1.82) is 0 Å². The summed E-state index contributed by atoms with van der Waals surface area (Å²) in [5, 5.41) is 22.6. The molecule has 0 aromatic heterocycles. The Labute approximate surface area is 174 Å². The molecule has 5 rings (SSSR count). The summed E-state index contributed by atoms with van der Waals surface area (Å²) in [6.07, 6.45) is 5.22. The Morgan fingerprint density at radius 1 is 0.600 bits per heavy atom. The van der Waals surface area contributed by atoms with Gasteiger partial charge in [0.25, 0.3) is 0 Å². The summed E-state index contributed by atoms with van der Waals surface area (Å²) >= 11 is 0. The van der Waals surface area contributed by atoms with Gasteiger partial charge < -0.3 is 10.2 Å². The second-order valence-electron chi connectivity index (χ2n) is 7.48. The van der Waals surface area contributed by atoms with E-state index in [1.165, 1.54) is 71.5 Å². The maximum atomic E-state index is 10.3. The van der Waals surface area contributed by atoms with Crippen LogP contribution in [0.1, 0.15) is 44.7 Å². The van der Waals surface area contributed by atoms with Gasteiger partial charge >= 0.3 is 11.9 Å². The number of carboxylic acids is 2. The van der Waals surface area contributed by atoms with Crippen molar-refractivity contribution in [3.63, 3.8) is 0 Å². The quantitative estimate of drug-likeness (QED) is 0.409. The number of hydrogen-bond donors (Lipinski definition) is 2. The second kappa shape index (κ2) is 8.37. The predicted molar refractivity (Wildman–Crippen MR) is 118 cm³/mol. The molecule has 1 aliphatic carbocycles. The van der Waals surface area contributed by atoms with Crippen molar-refractivity contribution in [2.45, 2.75) is 25.7 Å². The summed E-state index contributed by atoms with van der Waals surface area (Å²) in [5.41, 5.74) is 3.34. The highest BCUT2D eigenvalue weighted by molar-refractivity contribution is 6.08. The van der Waals surface area contributed by atoms with Crippen LogP contribution in [0.2, 0.25) is 0 Å². The van der Waals surface area contributed by atoms with E-state index in [1.807, 2.05) is 0 Å². The zero-order chi connectivity index (χ0) is 21.1. The van der Waals surface area contributed by atoms with Crippen molar-refractivity contribution in [1.82, 2.24) is 0 Å². The third kappa shape index (κ3) is 3.90. The molecule has 4 heteroatoms. The van der Waals surface area contributed by atoms with E-state index in [0.717, 1.165) is 0 Å². The van der Waals surface area contributed by atoms with E-state index in [9.17, 15) is 9.59 Å². The predicted octanol–water partition coefficient (Wildman–Crippen LogP) is 5.95. The van der Waals surface area contributed by atoms with Crippen LogP contribution in [0.3, 0.4) is 0 Å². The minimum Gasteiger partial charge on any atom is -0.478 e. The molecule has 4 aromatic carbocycles. The zero-order valence-corrected chi connectivity index (χ0v) is 16.5. The van der Waals surface area contributed by atoms with Crippen molar-refractivity contribution < 1.29 is 19.8 Å². The standard InChI is InChI=1S/C18H16.C8H6O4/c1-3-7-15-13(5-1)9-11-18-16-8-4-2-6-14(16)10-12-17(15)18;9-7(10)5-1-2-6(4-3-5)8(11)12/h1,3,5,7,9-12H,2,4,6,8H2;1-4H,(H,9,10)(H,11,12). The Bertz CT molecular complexity index is 1210. The van der Waals surface area contributed by atoms with Gasteiger partial charge in [-0.2, -0.15) is 0 Å². The lowest BCUT2D eigenvalue weighted by atomic mass is 9.86. The third-order valence-corrected chi connectivity index (χ3v) is 5.64. The maximum Gasteiger partial charge on any atom is 0.335 e. The van der Waals surface area contributed by atoms with E-state index in [-0.39, 0.29) is 11.1 Å². The first-order valence-electron chi connectivity index (χ1n) is 10.0. The normalized spacial score (nSPS) is 12.7. The monoisotopic (exact) mass is 398 g/mol. The van der Waals surface area contributed by atoms with Gasteiger partial charge in [-0.15, -0.1) is 0 Å². The zero-order valence-electron chi connectivity index (χ0n) is 16.5. The van der Waals surface area contributed by atoms with Gasteiger partial charge in [0.15, 0.2) is 0 Å². The molecule has 1 aliphatic rings. The molecule has 0 heterocycles. The molecule has 0 saturated carbocycles. The maximum absolute atomic E-state index is 10.3. The van der Waals surface area contributed by atoms with E-state index in [1.54, 1.807) is 11.1 Å². The summed E-state index contributed by atoms with van der Waals surface area (Å²) in [6, 6.07) is 23.0. The summed E-state index contributed by atoms with van der Waals surface area (Å²) < 4.78 is 0. The molecule has 0 aliphatic heterocycles. The summed E-state index contributed by atoms with van der Waals surface area (Å²) in [6.45, 7) is 0. The van der Waals surface area contributed by atoms with Gasteiger partial charge in [-0.25, -0.2) is 9.59 Å². The Hall–Kier alpha value is -3.66. The second-order valence-corrected chi connectivity index (χ2v) is 7.48. The molecule has 0 spiro atoms. The molecular weight excluding hydrogens is 376 g/mol. The van der Waals surface area contributed by atoms with E-state index in [4.69, 9.17) is 10.2 Å². The number of benzene rings is 4. The van der Waals surface area contributed by atoms with Crippen LogP contribution >= 0.6 is 0 Å². The highest BCUT2D eigenvalue weighted by atomic mass is 16.4. The fourth-order valence-electron chi connectivity index (χ4n) is 4.10. The topological polar surface area (TPSA) is 74.6 Å². The molecule has 4 aromatic rings. The van der Waals surface area contributed by atoms with Crippen molar-refractivity contribution >= 4 is 33.5 Å². The van der Waals surface area contributed by atoms with E-state index in [0.29, 0.717) is 0 Å². The number of carbonyl (C=O) groups is 2. The summed E-state index contributed by atoms with van der Waals surface area (Å²) in [4.78, 5) is 20.7. The Morgan fingerprint density at radius 2 is 1.20 bits per heavy atom. The minimum absolute atomic E-state index is 0.0833. The van der Waals surface area contributed by atoms with Gasteiger partial charge in [0, 0.05) is 0 Å². The van der Waals surface area contributed by atoms with Crippen molar-refractivity contribution in [2.24, 2.45) is 0 Å². The smallest absolute Gasteiger partial charge is 0.335 e. The lowest BCUT2D eigenvalue weighted by molar-refractivity contribution is 0.0681. The fraction of sp³-hybridized carbons (Fsp3) is 0.154.